The van der Waals surface area contributed by atoms with Crippen LogP contribution in [0.2, 0.25) is 0 Å². The highest BCUT2D eigenvalue weighted by Crippen LogP contribution is 2.16. The van der Waals surface area contributed by atoms with Gasteiger partial charge in [0, 0.05) is 45.3 Å². The average molecular weight is 400 g/mol. The zero-order valence-electron chi connectivity index (χ0n) is 15.7. The Morgan fingerprint density at radius 3 is 2.18 bits per heavy atom. The van der Waals surface area contributed by atoms with E-state index in [0.29, 0.717) is 44.2 Å². The molecule has 3 rings (SSSR count). The highest BCUT2D eigenvalue weighted by molar-refractivity contribution is 7.89. The summed E-state index contributed by atoms with van der Waals surface area (Å²) in [5.41, 5.74) is 0.980. The van der Waals surface area contributed by atoms with E-state index in [4.69, 9.17) is 0 Å². The molecule has 0 unspecified atom stereocenters. The summed E-state index contributed by atoms with van der Waals surface area (Å²) in [5, 5.41) is 2.87. The van der Waals surface area contributed by atoms with Crippen molar-refractivity contribution in [2.75, 3.05) is 39.3 Å². The number of benzene rings is 2. The fourth-order valence-corrected chi connectivity index (χ4v) is 4.51. The van der Waals surface area contributed by atoms with Crippen molar-refractivity contribution in [3.8, 4) is 0 Å². The molecule has 148 valence electrons. The summed E-state index contributed by atoms with van der Waals surface area (Å²) in [7, 11) is -3.43. The maximum Gasteiger partial charge on any atom is 0.244 e. The largest absolute Gasteiger partial charge is 0.351 e. The maximum absolute atomic E-state index is 12.6. The third kappa shape index (κ3) is 5.51. The van der Waals surface area contributed by atoms with Gasteiger partial charge in [0.1, 0.15) is 0 Å². The second kappa shape index (κ2) is 9.64. The van der Waals surface area contributed by atoms with Gasteiger partial charge in [0.05, 0.1) is 4.90 Å². The molecule has 2 aromatic rings. The molecule has 0 aromatic heterocycles. The van der Waals surface area contributed by atoms with Crippen LogP contribution in [0.1, 0.15) is 5.56 Å². The van der Waals surface area contributed by atoms with E-state index in [0.717, 1.165) is 5.56 Å². The van der Waals surface area contributed by atoms with Crippen molar-refractivity contribution in [2.45, 2.75) is 4.90 Å². The van der Waals surface area contributed by atoms with Gasteiger partial charge < -0.3 is 5.32 Å². The van der Waals surface area contributed by atoms with Gasteiger partial charge in [-0.05, 0) is 23.8 Å². The first-order chi connectivity index (χ1) is 13.6. The van der Waals surface area contributed by atoms with E-state index in [-0.39, 0.29) is 5.91 Å². The highest BCUT2D eigenvalue weighted by Gasteiger charge is 2.27. The van der Waals surface area contributed by atoms with Crippen molar-refractivity contribution in [1.29, 1.82) is 0 Å². The lowest BCUT2D eigenvalue weighted by Gasteiger charge is -2.33. The summed E-state index contributed by atoms with van der Waals surface area (Å²) in [6.07, 6.45) is 3.31. The van der Waals surface area contributed by atoms with Gasteiger partial charge in [-0.1, -0.05) is 48.5 Å². The number of rotatable bonds is 7. The zero-order chi connectivity index (χ0) is 19.8. The lowest BCUT2D eigenvalue weighted by atomic mass is 10.2. The minimum Gasteiger partial charge on any atom is -0.351 e. The number of hydrogen-bond donors (Lipinski definition) is 1. The van der Waals surface area contributed by atoms with Gasteiger partial charge in [-0.2, -0.15) is 4.31 Å². The molecule has 1 saturated heterocycles. The Labute approximate surface area is 166 Å². The van der Waals surface area contributed by atoms with E-state index in [9.17, 15) is 13.2 Å². The Morgan fingerprint density at radius 2 is 1.54 bits per heavy atom. The molecule has 1 fully saturated rings. The monoisotopic (exact) mass is 399 g/mol. The van der Waals surface area contributed by atoms with Gasteiger partial charge in [-0.25, -0.2) is 8.42 Å². The molecule has 0 saturated carbocycles. The number of nitrogens with one attached hydrogen (secondary N) is 1. The van der Waals surface area contributed by atoms with E-state index >= 15 is 0 Å². The van der Waals surface area contributed by atoms with Crippen LogP contribution >= 0.6 is 0 Å². The van der Waals surface area contributed by atoms with Crippen LogP contribution in [0, 0.1) is 0 Å². The standard InChI is InChI=1S/C21H25N3O3S/c25-21(12-11-19-7-3-1-4-8-19)22-13-14-23-15-17-24(18-16-23)28(26,27)20-9-5-2-6-10-20/h1-12H,13-18H2,(H,22,25)/b12-11-. The molecule has 28 heavy (non-hydrogen) atoms. The number of nitrogens with zero attached hydrogens (tertiary/aromatic N) is 2. The molecule has 0 bridgehead atoms. The average Bonchev–Trinajstić information content (AvgIpc) is 2.74. The van der Waals surface area contributed by atoms with Crippen LogP contribution < -0.4 is 5.32 Å². The molecule has 1 N–H and O–H groups in total. The number of sulfonamides is 1. The van der Waals surface area contributed by atoms with Crippen LogP contribution in [0.15, 0.2) is 71.6 Å². The second-order valence-corrected chi connectivity index (χ2v) is 8.53. The molecular weight excluding hydrogens is 374 g/mol. The highest BCUT2D eigenvalue weighted by atomic mass is 32.2. The fraction of sp³-hybridized carbons (Fsp3) is 0.286. The molecular formula is C21H25N3O3S. The predicted octanol–water partition coefficient (Wildman–Crippen LogP) is 1.82. The fourth-order valence-electron chi connectivity index (χ4n) is 3.07. The molecule has 0 aliphatic carbocycles. The maximum atomic E-state index is 12.6. The first-order valence-corrected chi connectivity index (χ1v) is 10.8. The van der Waals surface area contributed by atoms with E-state index in [1.165, 1.54) is 10.4 Å². The van der Waals surface area contributed by atoms with Crippen molar-refractivity contribution in [3.05, 3.63) is 72.3 Å². The second-order valence-electron chi connectivity index (χ2n) is 6.59. The third-order valence-electron chi connectivity index (χ3n) is 4.67. The van der Waals surface area contributed by atoms with Crippen LogP contribution in [-0.4, -0.2) is 62.8 Å². The molecule has 6 nitrogen and oxygen atoms in total. The van der Waals surface area contributed by atoms with Crippen molar-refractivity contribution in [2.24, 2.45) is 0 Å². The molecule has 1 heterocycles. The van der Waals surface area contributed by atoms with E-state index < -0.39 is 10.0 Å². The van der Waals surface area contributed by atoms with Gasteiger partial charge in [0.25, 0.3) is 0 Å². The van der Waals surface area contributed by atoms with E-state index in [1.54, 1.807) is 36.4 Å². The molecule has 0 radical (unpaired) electrons. The Morgan fingerprint density at radius 1 is 0.929 bits per heavy atom. The van der Waals surface area contributed by atoms with Crippen LogP contribution in [0.5, 0.6) is 0 Å². The number of carbonyl (C=O) groups is 1. The molecule has 0 atom stereocenters. The van der Waals surface area contributed by atoms with E-state index in [2.05, 4.69) is 10.2 Å². The number of piperazine rings is 1. The van der Waals surface area contributed by atoms with Crippen LogP contribution in [0.4, 0.5) is 0 Å². The molecule has 1 aliphatic rings. The van der Waals surface area contributed by atoms with Crippen molar-refractivity contribution in [3.63, 3.8) is 0 Å². The van der Waals surface area contributed by atoms with Crippen LogP contribution in [-0.2, 0) is 14.8 Å². The van der Waals surface area contributed by atoms with Crippen LogP contribution in [0.3, 0.4) is 0 Å². The Hall–Kier alpha value is -2.48. The SMILES string of the molecule is O=C(/C=C\c1ccccc1)NCCN1CCN(S(=O)(=O)c2ccccc2)CC1. The van der Waals surface area contributed by atoms with Gasteiger partial charge in [0.15, 0.2) is 0 Å². The number of hydrogen-bond acceptors (Lipinski definition) is 4. The summed E-state index contributed by atoms with van der Waals surface area (Å²) in [5.74, 6) is -0.130. The third-order valence-corrected chi connectivity index (χ3v) is 6.58. The van der Waals surface area contributed by atoms with Gasteiger partial charge in [-0.3, -0.25) is 9.69 Å². The zero-order valence-corrected chi connectivity index (χ0v) is 16.5. The van der Waals surface area contributed by atoms with Gasteiger partial charge in [0.2, 0.25) is 15.9 Å². The first kappa shape index (κ1) is 20.3. The summed E-state index contributed by atoms with van der Waals surface area (Å²) in [4.78, 5) is 14.4. The smallest absolute Gasteiger partial charge is 0.244 e. The van der Waals surface area contributed by atoms with Gasteiger partial charge in [-0.15, -0.1) is 0 Å². The molecule has 0 spiro atoms. The lowest BCUT2D eigenvalue weighted by molar-refractivity contribution is -0.116. The Balaban J connectivity index is 1.40. The molecule has 2 aromatic carbocycles. The summed E-state index contributed by atoms with van der Waals surface area (Å²) in [6.45, 7) is 3.45. The van der Waals surface area contributed by atoms with E-state index in [1.807, 2.05) is 30.3 Å². The van der Waals surface area contributed by atoms with Gasteiger partial charge >= 0.3 is 0 Å². The normalized spacial score (nSPS) is 16.3. The van der Waals surface area contributed by atoms with Crippen LogP contribution in [0.25, 0.3) is 6.08 Å². The first-order valence-electron chi connectivity index (χ1n) is 9.34. The quantitative estimate of drug-likeness (QED) is 0.721. The van der Waals surface area contributed by atoms with Crippen molar-refractivity contribution >= 4 is 22.0 Å². The Kier molecular flexibility index (Phi) is 6.97. The summed E-state index contributed by atoms with van der Waals surface area (Å²) >= 11 is 0. The molecule has 7 heteroatoms. The summed E-state index contributed by atoms with van der Waals surface area (Å²) in [6, 6.07) is 18.2. The topological polar surface area (TPSA) is 69.7 Å². The van der Waals surface area contributed by atoms with Crippen molar-refractivity contribution < 1.29 is 13.2 Å². The van der Waals surface area contributed by atoms with Crippen molar-refractivity contribution in [1.82, 2.24) is 14.5 Å². The molecule has 1 aliphatic heterocycles. The lowest BCUT2D eigenvalue weighted by Crippen LogP contribution is -2.50. The summed E-state index contributed by atoms with van der Waals surface area (Å²) < 4.78 is 26.8. The number of carbonyl (C=O) groups excluding carboxylic acids is 1. The minimum absolute atomic E-state index is 0.130. The number of amides is 1. The molecule has 1 amide bonds. The Bertz CT molecular complexity index is 891. The minimum atomic E-state index is -3.43. The predicted molar refractivity (Wildman–Crippen MR) is 110 cm³/mol.